The van der Waals surface area contributed by atoms with Gasteiger partial charge in [0, 0.05) is 39.3 Å². The van der Waals surface area contributed by atoms with Gasteiger partial charge in [-0.3, -0.25) is 9.69 Å². The molecule has 0 spiro atoms. The first kappa shape index (κ1) is 20.4. The van der Waals surface area contributed by atoms with Gasteiger partial charge in [-0.05, 0) is 25.5 Å². The molecule has 2 saturated heterocycles. The number of anilines is 1. The minimum absolute atomic E-state index is 0.0520. The number of benzene rings is 1. The first-order chi connectivity index (χ1) is 13.5. The summed E-state index contributed by atoms with van der Waals surface area (Å²) in [6.07, 6.45) is 1.15. The molecule has 0 bridgehead atoms. The lowest BCUT2D eigenvalue weighted by Gasteiger charge is -2.35. The van der Waals surface area contributed by atoms with Crippen LogP contribution in [-0.4, -0.2) is 80.3 Å². The molecule has 1 aromatic rings. The Morgan fingerprint density at radius 3 is 2.82 bits per heavy atom. The summed E-state index contributed by atoms with van der Waals surface area (Å²) in [5.41, 5.74) is 0.656. The van der Waals surface area contributed by atoms with Crippen molar-refractivity contribution >= 4 is 17.6 Å². The number of carbonyl (C=O) groups excluding carboxylic acids is 2. The number of ether oxygens (including phenoxy) is 2. The van der Waals surface area contributed by atoms with Crippen LogP contribution < -0.4 is 15.4 Å². The molecule has 0 aromatic heterocycles. The highest BCUT2D eigenvalue weighted by atomic mass is 16.5. The molecule has 2 N–H and O–H groups in total. The summed E-state index contributed by atoms with van der Waals surface area (Å²) in [5.74, 6) is 0.732. The number of hydrogen-bond donors (Lipinski definition) is 2. The molecule has 2 aliphatic heterocycles. The summed E-state index contributed by atoms with van der Waals surface area (Å²) in [6.45, 7) is 4.53. The highest BCUT2D eigenvalue weighted by molar-refractivity contribution is 5.91. The Labute approximate surface area is 166 Å². The van der Waals surface area contributed by atoms with Crippen molar-refractivity contribution in [2.24, 2.45) is 0 Å². The fraction of sp³-hybridized carbons (Fsp3) is 0.600. The van der Waals surface area contributed by atoms with Crippen LogP contribution in [0, 0.1) is 0 Å². The fourth-order valence-corrected chi connectivity index (χ4v) is 3.74. The molecule has 154 valence electrons. The van der Waals surface area contributed by atoms with Gasteiger partial charge in [0.25, 0.3) is 0 Å². The Morgan fingerprint density at radius 2 is 2.07 bits per heavy atom. The van der Waals surface area contributed by atoms with Crippen LogP contribution in [-0.2, 0) is 9.53 Å². The maximum atomic E-state index is 12.4. The third-order valence-electron chi connectivity index (χ3n) is 5.16. The zero-order valence-corrected chi connectivity index (χ0v) is 16.8. The lowest BCUT2D eigenvalue weighted by molar-refractivity contribution is -0.134. The average molecular weight is 390 g/mol. The Balaban J connectivity index is 1.49. The minimum atomic E-state index is -0.239. The number of urea groups is 1. The summed E-state index contributed by atoms with van der Waals surface area (Å²) < 4.78 is 11.4. The van der Waals surface area contributed by atoms with Crippen molar-refractivity contribution in [1.82, 2.24) is 15.1 Å². The van der Waals surface area contributed by atoms with Gasteiger partial charge in [0.2, 0.25) is 5.91 Å². The molecular weight excluding hydrogens is 360 g/mol. The zero-order valence-electron chi connectivity index (χ0n) is 16.8. The van der Waals surface area contributed by atoms with E-state index < -0.39 is 0 Å². The number of morpholine rings is 1. The second kappa shape index (κ2) is 9.25. The summed E-state index contributed by atoms with van der Waals surface area (Å²) in [6, 6.07) is 7.49. The Morgan fingerprint density at radius 1 is 1.29 bits per heavy atom. The van der Waals surface area contributed by atoms with E-state index in [1.807, 2.05) is 31.2 Å². The van der Waals surface area contributed by atoms with Gasteiger partial charge in [0.1, 0.15) is 5.75 Å². The molecule has 1 aromatic carbocycles. The summed E-state index contributed by atoms with van der Waals surface area (Å²) in [5, 5.41) is 5.92. The fourth-order valence-electron chi connectivity index (χ4n) is 3.74. The van der Waals surface area contributed by atoms with Crippen LogP contribution >= 0.6 is 0 Å². The number of amides is 3. The van der Waals surface area contributed by atoms with E-state index in [9.17, 15) is 9.59 Å². The highest BCUT2D eigenvalue weighted by Gasteiger charge is 2.38. The maximum Gasteiger partial charge on any atom is 0.319 e. The molecule has 2 fully saturated rings. The van der Waals surface area contributed by atoms with Crippen molar-refractivity contribution in [2.75, 3.05) is 45.7 Å². The standard InChI is InChI=1S/C20H30N4O4/c1-4-27-18-8-6-5-7-17(18)22-20(26)21-14-9-15-13-28-16(12-24(15)11-14)10-19(25)23(2)3/h5-8,14-16H,4,9-13H2,1-3H3,(H2,21,22,26)/t14-,15+,16+/m1/s1. The van der Waals surface area contributed by atoms with Crippen molar-refractivity contribution in [1.29, 1.82) is 0 Å². The van der Waals surface area contributed by atoms with Crippen LogP contribution in [0.2, 0.25) is 0 Å². The smallest absolute Gasteiger partial charge is 0.319 e. The third kappa shape index (κ3) is 5.14. The summed E-state index contributed by atoms with van der Waals surface area (Å²) in [4.78, 5) is 28.3. The largest absolute Gasteiger partial charge is 0.492 e. The van der Waals surface area contributed by atoms with Crippen molar-refractivity contribution in [3.8, 4) is 5.75 Å². The predicted molar refractivity (Wildman–Crippen MR) is 107 cm³/mol. The van der Waals surface area contributed by atoms with Crippen molar-refractivity contribution < 1.29 is 19.1 Å². The van der Waals surface area contributed by atoms with Gasteiger partial charge in [-0.15, -0.1) is 0 Å². The van der Waals surface area contributed by atoms with Gasteiger partial charge in [-0.2, -0.15) is 0 Å². The van der Waals surface area contributed by atoms with Gasteiger partial charge >= 0.3 is 6.03 Å². The molecule has 3 rings (SSSR count). The van der Waals surface area contributed by atoms with Gasteiger partial charge in [-0.25, -0.2) is 4.79 Å². The van der Waals surface area contributed by atoms with E-state index >= 15 is 0 Å². The Kier molecular flexibility index (Phi) is 6.74. The summed E-state index contributed by atoms with van der Waals surface area (Å²) >= 11 is 0. The van der Waals surface area contributed by atoms with Gasteiger partial charge in [0.15, 0.2) is 0 Å². The third-order valence-corrected chi connectivity index (χ3v) is 5.16. The topological polar surface area (TPSA) is 83.1 Å². The van der Waals surface area contributed by atoms with Crippen molar-refractivity contribution in [2.45, 2.75) is 38.0 Å². The molecular formula is C20H30N4O4. The van der Waals surface area contributed by atoms with E-state index in [-0.39, 0.29) is 30.1 Å². The molecule has 8 heteroatoms. The van der Waals surface area contributed by atoms with E-state index in [2.05, 4.69) is 15.5 Å². The van der Waals surface area contributed by atoms with Crippen LogP contribution in [0.3, 0.4) is 0 Å². The van der Waals surface area contributed by atoms with Gasteiger partial charge in [-0.1, -0.05) is 12.1 Å². The van der Waals surface area contributed by atoms with Crippen LogP contribution in [0.5, 0.6) is 5.75 Å². The van der Waals surface area contributed by atoms with E-state index in [1.54, 1.807) is 19.0 Å². The first-order valence-electron chi connectivity index (χ1n) is 9.81. The number of fused-ring (bicyclic) bond motifs is 1. The SMILES string of the molecule is CCOc1ccccc1NC(=O)N[C@@H]1C[C@H]2CO[C@@H](CC(=O)N(C)C)CN2C1. The molecule has 0 saturated carbocycles. The molecule has 3 atom stereocenters. The van der Waals surface area contributed by atoms with Crippen molar-refractivity contribution in [3.05, 3.63) is 24.3 Å². The van der Waals surface area contributed by atoms with Crippen LogP contribution in [0.4, 0.5) is 10.5 Å². The Hall–Kier alpha value is -2.32. The van der Waals surface area contributed by atoms with Gasteiger partial charge in [0.05, 0.1) is 31.4 Å². The highest BCUT2D eigenvalue weighted by Crippen LogP contribution is 2.26. The monoisotopic (exact) mass is 390 g/mol. The number of nitrogens with zero attached hydrogens (tertiary/aromatic N) is 2. The Bertz CT molecular complexity index is 697. The summed E-state index contributed by atoms with van der Waals surface area (Å²) in [7, 11) is 3.51. The number of para-hydroxylation sites is 2. The second-order valence-corrected chi connectivity index (χ2v) is 7.52. The molecule has 2 heterocycles. The van der Waals surface area contributed by atoms with E-state index in [0.717, 1.165) is 19.5 Å². The number of hydrogen-bond acceptors (Lipinski definition) is 5. The van der Waals surface area contributed by atoms with Crippen LogP contribution in [0.25, 0.3) is 0 Å². The van der Waals surface area contributed by atoms with Crippen LogP contribution in [0.1, 0.15) is 19.8 Å². The average Bonchev–Trinajstić information content (AvgIpc) is 3.04. The number of carbonyl (C=O) groups is 2. The first-order valence-corrected chi connectivity index (χ1v) is 9.81. The molecule has 2 aliphatic rings. The quantitative estimate of drug-likeness (QED) is 0.770. The molecule has 0 aliphatic carbocycles. The van der Waals surface area contributed by atoms with Crippen LogP contribution in [0.15, 0.2) is 24.3 Å². The van der Waals surface area contributed by atoms with Gasteiger partial charge < -0.3 is 25.0 Å². The van der Waals surface area contributed by atoms with E-state index in [0.29, 0.717) is 31.1 Å². The molecule has 3 amide bonds. The lowest BCUT2D eigenvalue weighted by Crippen LogP contribution is -2.47. The predicted octanol–water partition coefficient (Wildman–Crippen LogP) is 1.53. The maximum absolute atomic E-state index is 12.4. The van der Waals surface area contributed by atoms with E-state index in [1.165, 1.54) is 0 Å². The molecule has 28 heavy (non-hydrogen) atoms. The normalized spacial score (nSPS) is 24.3. The number of nitrogens with one attached hydrogen (secondary N) is 2. The minimum Gasteiger partial charge on any atom is -0.492 e. The molecule has 0 radical (unpaired) electrons. The van der Waals surface area contributed by atoms with Crippen molar-refractivity contribution in [3.63, 3.8) is 0 Å². The number of rotatable bonds is 6. The molecule has 0 unspecified atom stereocenters. The second-order valence-electron chi connectivity index (χ2n) is 7.52. The lowest BCUT2D eigenvalue weighted by atomic mass is 10.1. The van der Waals surface area contributed by atoms with E-state index in [4.69, 9.17) is 9.47 Å². The molecule has 8 nitrogen and oxygen atoms in total. The zero-order chi connectivity index (χ0) is 20.1.